The average molecular weight is 437 g/mol. The summed E-state index contributed by atoms with van der Waals surface area (Å²) in [6, 6.07) is 0. The molecule has 0 atom stereocenters. The van der Waals surface area contributed by atoms with Crippen LogP contribution in [0.1, 0.15) is 0 Å². The van der Waals surface area contributed by atoms with Gasteiger partial charge in [0.2, 0.25) is 0 Å². The Morgan fingerprint density at radius 2 is 1.00 bits per heavy atom. The fourth-order valence-corrected chi connectivity index (χ4v) is 0. The van der Waals surface area contributed by atoms with Crippen LogP contribution in [-0.4, -0.2) is 27.3 Å². The van der Waals surface area contributed by atoms with E-state index in [9.17, 15) is 0 Å². The molecule has 0 N–H and O–H groups in total. The molecule has 0 aliphatic carbocycles. The molecule has 0 spiro atoms. The monoisotopic (exact) mass is 436 g/mol. The van der Waals surface area contributed by atoms with E-state index in [4.69, 9.17) is 0 Å². The first-order valence-electron chi connectivity index (χ1n) is 0. The van der Waals surface area contributed by atoms with E-state index < -0.39 is 0 Å². The summed E-state index contributed by atoms with van der Waals surface area (Å²) in [4.78, 5) is 0. The van der Waals surface area contributed by atoms with E-state index in [-0.39, 0.29) is 83.2 Å². The first-order chi connectivity index (χ1) is 0. The van der Waals surface area contributed by atoms with Crippen LogP contribution in [0.5, 0.6) is 0 Å². The van der Waals surface area contributed by atoms with E-state index in [1.807, 2.05) is 0 Å². The molecule has 4 heteroatoms. The van der Waals surface area contributed by atoms with Gasteiger partial charge in [-0.25, -0.2) is 0 Å². The van der Waals surface area contributed by atoms with Crippen molar-refractivity contribution in [2.24, 2.45) is 0 Å². The third-order valence-corrected chi connectivity index (χ3v) is 0. The van der Waals surface area contributed by atoms with Crippen molar-refractivity contribution in [3.05, 3.63) is 0 Å². The van der Waals surface area contributed by atoms with E-state index in [2.05, 4.69) is 0 Å². The van der Waals surface area contributed by atoms with Gasteiger partial charge in [-0.05, 0) is 0 Å². The Balaban J connectivity index is 0. The third kappa shape index (κ3) is 8.82. The summed E-state index contributed by atoms with van der Waals surface area (Å²) in [5.41, 5.74) is 0. The van der Waals surface area contributed by atoms with Gasteiger partial charge in [0, 0.05) is 83.2 Å². The summed E-state index contributed by atoms with van der Waals surface area (Å²) in [5.74, 6) is 0. The van der Waals surface area contributed by atoms with Gasteiger partial charge in [0.05, 0.1) is 0 Å². The zero-order valence-electron chi connectivity index (χ0n) is 1.42. The molecule has 0 bridgehead atoms. The van der Waals surface area contributed by atoms with Gasteiger partial charge in [0.25, 0.3) is 0 Å². The summed E-state index contributed by atoms with van der Waals surface area (Å²) in [6.45, 7) is 0. The van der Waals surface area contributed by atoms with Crippen LogP contribution in [0.3, 0.4) is 0 Å². The average Bonchev–Trinajstić information content (AvgIpc) is 0. The molecular weight excluding hydrogens is 437 g/mol. The summed E-state index contributed by atoms with van der Waals surface area (Å²) >= 11 is 0. The van der Waals surface area contributed by atoms with Gasteiger partial charge < -0.3 is 0 Å². The normalized spacial score (nSPS) is 0. The van der Waals surface area contributed by atoms with Crippen molar-refractivity contribution < 1.29 is 55.9 Å². The maximum atomic E-state index is 0. The first kappa shape index (κ1) is 30.0. The fourth-order valence-electron chi connectivity index (χ4n) is 0. The maximum absolute atomic E-state index is 0. The molecule has 0 aromatic rings. The number of hydrogen-bond donors (Lipinski definition) is 0. The maximum Gasteiger partial charge on any atom is 0 e. The minimum absolute atomic E-state index is 0. The van der Waals surface area contributed by atoms with E-state index in [1.165, 1.54) is 0 Å². The standard InChI is InChI=1S/Ag.Cu.Ni.Pb. The second kappa shape index (κ2) is 17.3. The Morgan fingerprint density at radius 1 is 1.00 bits per heavy atom. The van der Waals surface area contributed by atoms with Crippen molar-refractivity contribution >= 4 is 27.3 Å². The quantitative estimate of drug-likeness (QED) is 0.454. The molecule has 0 aromatic heterocycles. The van der Waals surface area contributed by atoms with Crippen LogP contribution in [0.25, 0.3) is 0 Å². The molecule has 0 unspecified atom stereocenters. The molecule has 0 saturated heterocycles. The Morgan fingerprint density at radius 3 is 1.00 bits per heavy atom. The Bertz CT molecular complexity index is 8.00. The summed E-state index contributed by atoms with van der Waals surface area (Å²) in [6.07, 6.45) is 0. The fraction of sp³-hybridized carbons (Fsp3) is 0. The second-order valence-corrected chi connectivity index (χ2v) is 0. The molecule has 0 amide bonds. The van der Waals surface area contributed by atoms with Gasteiger partial charge in [-0.2, -0.15) is 0 Å². The van der Waals surface area contributed by atoms with Crippen LogP contribution in [0, 0.1) is 0 Å². The SMILES string of the molecule is [Ag].[Cu].[Ni].[Pb]. The second-order valence-electron chi connectivity index (χ2n) is 0. The van der Waals surface area contributed by atoms with Gasteiger partial charge in [-0.3, -0.25) is 0 Å². The summed E-state index contributed by atoms with van der Waals surface area (Å²) < 4.78 is 0. The predicted octanol–water partition coefficient (Wildman–Crippen LogP) is -0.388. The minimum atomic E-state index is 0. The number of rotatable bonds is 0. The molecule has 0 aromatic carbocycles. The largest absolute Gasteiger partial charge is 0 e. The molecular formula is AgCuNiPb. The van der Waals surface area contributed by atoms with Gasteiger partial charge >= 0.3 is 0 Å². The molecule has 4 heavy (non-hydrogen) atoms. The molecule has 0 rings (SSSR count). The predicted molar refractivity (Wildman–Crippen MR) is 5.75 cm³/mol. The Kier molecular flexibility index (Phi) is 130. The number of hydrogen-bond acceptors (Lipinski definition) is 0. The van der Waals surface area contributed by atoms with Crippen LogP contribution < -0.4 is 0 Å². The molecule has 0 nitrogen and oxygen atoms in total. The van der Waals surface area contributed by atoms with Gasteiger partial charge in [0.1, 0.15) is 0 Å². The van der Waals surface area contributed by atoms with Crippen molar-refractivity contribution in [2.75, 3.05) is 0 Å². The third-order valence-electron chi connectivity index (χ3n) is 0. The van der Waals surface area contributed by atoms with Crippen molar-refractivity contribution in [3.63, 3.8) is 0 Å². The Labute approximate surface area is 81.9 Å². The molecule has 0 saturated carbocycles. The van der Waals surface area contributed by atoms with Crippen LogP contribution in [-0.2, 0) is 55.9 Å². The van der Waals surface area contributed by atoms with E-state index >= 15 is 0 Å². The molecule has 6 radical (unpaired) electrons. The Hall–Kier alpha value is 2.68. The summed E-state index contributed by atoms with van der Waals surface area (Å²) in [5, 5.41) is 0. The van der Waals surface area contributed by atoms with Crippen molar-refractivity contribution in [1.82, 2.24) is 0 Å². The smallest absolute Gasteiger partial charge is 0 e. The molecule has 0 aliphatic rings. The molecule has 36 valence electrons. The minimum Gasteiger partial charge on any atom is 0 e. The summed E-state index contributed by atoms with van der Waals surface area (Å²) in [7, 11) is 0. The van der Waals surface area contributed by atoms with Crippen molar-refractivity contribution in [3.8, 4) is 0 Å². The zero-order chi connectivity index (χ0) is 0. The van der Waals surface area contributed by atoms with Crippen LogP contribution in [0.2, 0.25) is 0 Å². The van der Waals surface area contributed by atoms with Crippen molar-refractivity contribution in [2.45, 2.75) is 0 Å². The van der Waals surface area contributed by atoms with Gasteiger partial charge in [0.15, 0.2) is 0 Å². The molecule has 0 heterocycles. The van der Waals surface area contributed by atoms with Crippen LogP contribution in [0.4, 0.5) is 0 Å². The van der Waals surface area contributed by atoms with Crippen LogP contribution in [0.15, 0.2) is 0 Å². The first-order valence-corrected chi connectivity index (χ1v) is 0. The molecule has 0 fully saturated rings. The van der Waals surface area contributed by atoms with Crippen LogP contribution >= 0.6 is 0 Å². The zero-order valence-corrected chi connectivity index (χ0v) is 8.72. The van der Waals surface area contributed by atoms with Crippen molar-refractivity contribution in [1.29, 1.82) is 0 Å². The van der Waals surface area contributed by atoms with E-state index in [1.54, 1.807) is 0 Å². The van der Waals surface area contributed by atoms with Gasteiger partial charge in [-0.15, -0.1) is 0 Å². The topological polar surface area (TPSA) is 0 Å². The molecule has 0 aliphatic heterocycles. The van der Waals surface area contributed by atoms with E-state index in [0.29, 0.717) is 0 Å². The van der Waals surface area contributed by atoms with E-state index in [0.717, 1.165) is 0 Å². The van der Waals surface area contributed by atoms with Gasteiger partial charge in [-0.1, -0.05) is 0 Å².